The number of aryl methyl sites for hydroxylation is 1. The van der Waals surface area contributed by atoms with Crippen molar-refractivity contribution in [1.82, 2.24) is 20.2 Å². The first-order chi connectivity index (χ1) is 9.65. The number of anilines is 1. The van der Waals surface area contributed by atoms with Crippen LogP contribution in [0.2, 0.25) is 0 Å². The van der Waals surface area contributed by atoms with Crippen LogP contribution >= 0.6 is 0 Å². The number of nitrogens with two attached hydrogens (primary N) is 1. The first-order valence-corrected chi connectivity index (χ1v) is 6.06. The Hall–Kier alpha value is -2.76. The average Bonchev–Trinajstić information content (AvgIpc) is 2.91. The van der Waals surface area contributed by atoms with Crippen molar-refractivity contribution < 1.29 is 4.39 Å². The summed E-state index contributed by atoms with van der Waals surface area (Å²) in [4.78, 5) is 0. The Kier molecular flexibility index (Phi) is 2.90. The first kappa shape index (κ1) is 12.3. The molecule has 5 nitrogen and oxygen atoms in total. The molecule has 0 aliphatic heterocycles. The van der Waals surface area contributed by atoms with Crippen LogP contribution < -0.4 is 5.73 Å². The normalized spacial score (nSPS) is 10.7. The summed E-state index contributed by atoms with van der Waals surface area (Å²) in [5.74, 6) is 0.211. The lowest BCUT2D eigenvalue weighted by Crippen LogP contribution is -2.02. The van der Waals surface area contributed by atoms with Gasteiger partial charge in [-0.25, -0.2) is 4.39 Å². The van der Waals surface area contributed by atoms with Gasteiger partial charge >= 0.3 is 0 Å². The molecule has 6 heteroatoms. The Bertz CT molecular complexity index is 749. The molecule has 0 fully saturated rings. The van der Waals surface area contributed by atoms with Gasteiger partial charge in [0.05, 0.1) is 5.69 Å². The van der Waals surface area contributed by atoms with Crippen molar-refractivity contribution in [3.05, 3.63) is 53.8 Å². The molecule has 0 radical (unpaired) electrons. The molecule has 100 valence electrons. The van der Waals surface area contributed by atoms with Crippen LogP contribution in [0.15, 0.2) is 42.5 Å². The number of rotatable bonds is 2. The maximum atomic E-state index is 13.4. The Morgan fingerprint density at radius 1 is 1.10 bits per heavy atom. The van der Waals surface area contributed by atoms with Crippen molar-refractivity contribution in [2.24, 2.45) is 0 Å². The summed E-state index contributed by atoms with van der Waals surface area (Å²) in [7, 11) is 0. The Morgan fingerprint density at radius 2 is 1.85 bits per heavy atom. The number of aromatic nitrogens is 4. The van der Waals surface area contributed by atoms with Gasteiger partial charge in [0.2, 0.25) is 0 Å². The number of hydrogen-bond donors (Lipinski definition) is 1. The Labute approximate surface area is 114 Å². The number of tetrazole rings is 1. The predicted molar refractivity (Wildman–Crippen MR) is 73.7 cm³/mol. The number of benzene rings is 2. The zero-order valence-electron chi connectivity index (χ0n) is 10.8. The zero-order chi connectivity index (χ0) is 14.1. The molecular weight excluding hydrogens is 257 g/mol. The van der Waals surface area contributed by atoms with Gasteiger partial charge < -0.3 is 5.73 Å². The summed E-state index contributed by atoms with van der Waals surface area (Å²) < 4.78 is 14.9. The van der Waals surface area contributed by atoms with Gasteiger partial charge in [-0.3, -0.25) is 0 Å². The molecule has 0 amide bonds. The van der Waals surface area contributed by atoms with Crippen LogP contribution in [-0.2, 0) is 0 Å². The van der Waals surface area contributed by atoms with Gasteiger partial charge in [0, 0.05) is 11.3 Å². The standard InChI is InChI=1S/C14H12FN5/c1-9-2-5-11(15)8-13(9)20-14(17-18-19-20)10-3-6-12(16)7-4-10/h2-8H,16H2,1H3. The highest BCUT2D eigenvalue weighted by molar-refractivity contribution is 5.61. The van der Waals surface area contributed by atoms with Crippen LogP contribution in [0.4, 0.5) is 10.1 Å². The highest BCUT2D eigenvalue weighted by Gasteiger charge is 2.13. The van der Waals surface area contributed by atoms with E-state index >= 15 is 0 Å². The fourth-order valence-corrected chi connectivity index (χ4v) is 1.97. The van der Waals surface area contributed by atoms with Crippen LogP contribution in [0.25, 0.3) is 17.1 Å². The van der Waals surface area contributed by atoms with Crippen molar-refractivity contribution in [1.29, 1.82) is 0 Å². The molecule has 2 N–H and O–H groups in total. The molecule has 3 rings (SSSR count). The Morgan fingerprint density at radius 3 is 2.60 bits per heavy atom. The predicted octanol–water partition coefficient (Wildman–Crippen LogP) is 2.36. The highest BCUT2D eigenvalue weighted by Crippen LogP contribution is 2.22. The summed E-state index contributed by atoms with van der Waals surface area (Å²) in [5, 5.41) is 11.6. The van der Waals surface area contributed by atoms with Crippen LogP contribution in [0, 0.1) is 12.7 Å². The van der Waals surface area contributed by atoms with E-state index in [0.717, 1.165) is 11.1 Å². The van der Waals surface area contributed by atoms with E-state index in [1.807, 2.05) is 19.1 Å². The second kappa shape index (κ2) is 4.73. The van der Waals surface area contributed by atoms with Gasteiger partial charge in [0.25, 0.3) is 0 Å². The third kappa shape index (κ3) is 2.11. The second-order valence-electron chi connectivity index (χ2n) is 4.47. The largest absolute Gasteiger partial charge is 0.399 e. The van der Waals surface area contributed by atoms with Gasteiger partial charge in [0.15, 0.2) is 5.82 Å². The minimum absolute atomic E-state index is 0.329. The van der Waals surface area contributed by atoms with Gasteiger partial charge in [0.1, 0.15) is 5.82 Å². The maximum absolute atomic E-state index is 13.4. The van der Waals surface area contributed by atoms with E-state index in [9.17, 15) is 4.39 Å². The number of nitrogen functional groups attached to an aromatic ring is 1. The maximum Gasteiger partial charge on any atom is 0.187 e. The van der Waals surface area contributed by atoms with E-state index in [-0.39, 0.29) is 5.82 Å². The number of halogens is 1. The molecule has 1 heterocycles. The summed E-state index contributed by atoms with van der Waals surface area (Å²) in [5.41, 5.74) is 8.64. The molecule has 0 bridgehead atoms. The van der Waals surface area contributed by atoms with Crippen LogP contribution in [-0.4, -0.2) is 20.2 Å². The fourth-order valence-electron chi connectivity index (χ4n) is 1.97. The lowest BCUT2D eigenvalue weighted by Gasteiger charge is -2.08. The van der Waals surface area contributed by atoms with Crippen LogP contribution in [0.5, 0.6) is 0 Å². The van der Waals surface area contributed by atoms with E-state index in [1.54, 1.807) is 18.2 Å². The zero-order valence-corrected chi connectivity index (χ0v) is 10.8. The van der Waals surface area contributed by atoms with E-state index in [2.05, 4.69) is 15.5 Å². The number of nitrogens with zero attached hydrogens (tertiary/aromatic N) is 4. The average molecular weight is 269 g/mol. The summed E-state index contributed by atoms with van der Waals surface area (Å²) in [6, 6.07) is 11.7. The minimum Gasteiger partial charge on any atom is -0.399 e. The van der Waals surface area contributed by atoms with Gasteiger partial charge in [-0.15, -0.1) is 5.10 Å². The lowest BCUT2D eigenvalue weighted by atomic mass is 10.1. The summed E-state index contributed by atoms with van der Waals surface area (Å²) in [6.07, 6.45) is 0. The molecule has 0 atom stereocenters. The van der Waals surface area contributed by atoms with Crippen molar-refractivity contribution in [3.63, 3.8) is 0 Å². The molecule has 20 heavy (non-hydrogen) atoms. The van der Waals surface area contributed by atoms with Crippen molar-refractivity contribution >= 4 is 5.69 Å². The molecule has 0 aliphatic rings. The van der Waals surface area contributed by atoms with Gasteiger partial charge in [-0.05, 0) is 59.3 Å². The molecular formula is C14H12FN5. The summed E-state index contributed by atoms with van der Waals surface area (Å²) >= 11 is 0. The topological polar surface area (TPSA) is 69.6 Å². The summed E-state index contributed by atoms with van der Waals surface area (Å²) in [6.45, 7) is 1.88. The van der Waals surface area contributed by atoms with Crippen molar-refractivity contribution in [3.8, 4) is 17.1 Å². The molecule has 0 spiro atoms. The van der Waals surface area contributed by atoms with Gasteiger partial charge in [-0.1, -0.05) is 6.07 Å². The smallest absolute Gasteiger partial charge is 0.187 e. The minimum atomic E-state index is -0.329. The van der Waals surface area contributed by atoms with Crippen LogP contribution in [0.1, 0.15) is 5.56 Å². The van der Waals surface area contributed by atoms with Crippen molar-refractivity contribution in [2.45, 2.75) is 6.92 Å². The van der Waals surface area contributed by atoms with E-state index in [4.69, 9.17) is 5.73 Å². The molecule has 3 aromatic rings. The lowest BCUT2D eigenvalue weighted by molar-refractivity contribution is 0.624. The third-order valence-electron chi connectivity index (χ3n) is 3.04. The fraction of sp³-hybridized carbons (Fsp3) is 0.0714. The molecule has 1 aromatic heterocycles. The van der Waals surface area contributed by atoms with Crippen molar-refractivity contribution in [2.75, 3.05) is 5.73 Å². The second-order valence-corrected chi connectivity index (χ2v) is 4.47. The van der Waals surface area contributed by atoms with Crippen LogP contribution in [0.3, 0.4) is 0 Å². The van der Waals surface area contributed by atoms with E-state index in [0.29, 0.717) is 17.2 Å². The quantitative estimate of drug-likeness (QED) is 0.725. The first-order valence-electron chi connectivity index (χ1n) is 6.06. The number of hydrogen-bond acceptors (Lipinski definition) is 4. The van der Waals surface area contributed by atoms with E-state index in [1.165, 1.54) is 16.8 Å². The Balaban J connectivity index is 2.15. The monoisotopic (exact) mass is 269 g/mol. The molecule has 0 saturated heterocycles. The third-order valence-corrected chi connectivity index (χ3v) is 3.04. The molecule has 0 unspecified atom stereocenters. The SMILES string of the molecule is Cc1ccc(F)cc1-n1nnnc1-c1ccc(N)cc1. The highest BCUT2D eigenvalue weighted by atomic mass is 19.1. The van der Waals surface area contributed by atoms with E-state index < -0.39 is 0 Å². The van der Waals surface area contributed by atoms with Gasteiger partial charge in [-0.2, -0.15) is 4.68 Å². The molecule has 2 aromatic carbocycles. The molecule has 0 saturated carbocycles. The molecule has 0 aliphatic carbocycles.